The summed E-state index contributed by atoms with van der Waals surface area (Å²) in [6.07, 6.45) is 1.62. The van der Waals surface area contributed by atoms with Crippen LogP contribution in [-0.2, 0) is 9.53 Å². The lowest BCUT2D eigenvalue weighted by Gasteiger charge is -2.16. The molecule has 74 valence electrons. The highest BCUT2D eigenvalue weighted by Gasteiger charge is 2.33. The van der Waals surface area contributed by atoms with E-state index in [0.717, 1.165) is 6.42 Å². The minimum Gasteiger partial charge on any atom is -0.481 e. The maximum Gasteiger partial charge on any atom is 0.407 e. The highest BCUT2D eigenvalue weighted by molar-refractivity contribution is 5.73. The maximum atomic E-state index is 10.8. The average molecular weight is 187 g/mol. The predicted molar refractivity (Wildman–Crippen MR) is 44.3 cm³/mol. The van der Waals surface area contributed by atoms with Gasteiger partial charge in [-0.15, -0.1) is 0 Å². The molecule has 0 radical (unpaired) electrons. The minimum atomic E-state index is -0.848. The summed E-state index contributed by atoms with van der Waals surface area (Å²) in [5.41, 5.74) is 0. The van der Waals surface area contributed by atoms with Gasteiger partial charge in [0.05, 0.1) is 13.0 Å². The number of alkyl carbamates (subject to hydrolysis) is 1. The minimum absolute atomic E-state index is 0.273. The van der Waals surface area contributed by atoms with E-state index in [1.165, 1.54) is 7.11 Å². The molecule has 0 saturated heterocycles. The van der Waals surface area contributed by atoms with Gasteiger partial charge in [-0.3, -0.25) is 4.79 Å². The number of methoxy groups -OCH3 is 1. The molecule has 1 rings (SSSR count). The Morgan fingerprint density at radius 3 is 2.69 bits per heavy atom. The molecule has 2 N–H and O–H groups in total. The lowest BCUT2D eigenvalue weighted by Crippen LogP contribution is -2.40. The SMILES string of the molecule is COC(=O)NC1CCCC1C(=O)O. The Balaban J connectivity index is 2.48. The number of amides is 1. The molecule has 0 aromatic rings. The van der Waals surface area contributed by atoms with Crippen LogP contribution in [0.3, 0.4) is 0 Å². The Morgan fingerprint density at radius 1 is 1.46 bits per heavy atom. The molecule has 1 aliphatic carbocycles. The average Bonchev–Trinajstić information content (AvgIpc) is 2.52. The van der Waals surface area contributed by atoms with E-state index in [-0.39, 0.29) is 6.04 Å². The molecule has 13 heavy (non-hydrogen) atoms. The van der Waals surface area contributed by atoms with Crippen molar-refractivity contribution in [2.24, 2.45) is 5.92 Å². The second-order valence-corrected chi connectivity index (χ2v) is 3.12. The van der Waals surface area contributed by atoms with E-state index < -0.39 is 18.0 Å². The van der Waals surface area contributed by atoms with Crippen LogP contribution in [0.5, 0.6) is 0 Å². The Morgan fingerprint density at radius 2 is 2.15 bits per heavy atom. The highest BCUT2D eigenvalue weighted by Crippen LogP contribution is 2.25. The molecule has 1 saturated carbocycles. The van der Waals surface area contributed by atoms with E-state index in [2.05, 4.69) is 10.1 Å². The van der Waals surface area contributed by atoms with Crippen LogP contribution in [0, 0.1) is 5.92 Å². The first-order chi connectivity index (χ1) is 6.15. The summed E-state index contributed by atoms with van der Waals surface area (Å²) in [6, 6.07) is -0.273. The third-order valence-electron chi connectivity index (χ3n) is 2.32. The molecule has 5 heteroatoms. The topological polar surface area (TPSA) is 75.6 Å². The van der Waals surface area contributed by atoms with E-state index >= 15 is 0 Å². The molecule has 0 aromatic heterocycles. The summed E-state index contributed by atoms with van der Waals surface area (Å²) < 4.78 is 4.40. The van der Waals surface area contributed by atoms with Crippen molar-refractivity contribution >= 4 is 12.1 Å². The summed E-state index contributed by atoms with van der Waals surface area (Å²) in [4.78, 5) is 21.5. The Kier molecular flexibility index (Phi) is 3.11. The molecule has 0 spiro atoms. The van der Waals surface area contributed by atoms with Gasteiger partial charge in [0.2, 0.25) is 0 Å². The van der Waals surface area contributed by atoms with Crippen molar-refractivity contribution in [2.75, 3.05) is 7.11 Å². The lowest BCUT2D eigenvalue weighted by atomic mass is 10.0. The zero-order valence-corrected chi connectivity index (χ0v) is 7.45. The van der Waals surface area contributed by atoms with E-state index in [4.69, 9.17) is 5.11 Å². The zero-order valence-electron chi connectivity index (χ0n) is 7.45. The fourth-order valence-corrected chi connectivity index (χ4v) is 1.64. The lowest BCUT2D eigenvalue weighted by molar-refractivity contribution is -0.142. The third kappa shape index (κ3) is 2.34. The fraction of sp³-hybridized carbons (Fsp3) is 0.750. The largest absolute Gasteiger partial charge is 0.481 e. The number of aliphatic carboxylic acids is 1. The van der Waals surface area contributed by atoms with Crippen LogP contribution in [0.4, 0.5) is 4.79 Å². The number of ether oxygens (including phenoxy) is 1. The molecule has 0 bridgehead atoms. The number of carboxylic acids is 1. The van der Waals surface area contributed by atoms with Crippen molar-refractivity contribution in [3.8, 4) is 0 Å². The first-order valence-electron chi connectivity index (χ1n) is 4.22. The van der Waals surface area contributed by atoms with Crippen molar-refractivity contribution in [3.63, 3.8) is 0 Å². The van der Waals surface area contributed by atoms with E-state index in [9.17, 15) is 9.59 Å². The smallest absolute Gasteiger partial charge is 0.407 e. The van der Waals surface area contributed by atoms with Gasteiger partial charge < -0.3 is 15.2 Å². The monoisotopic (exact) mass is 187 g/mol. The van der Waals surface area contributed by atoms with Crippen LogP contribution in [0.15, 0.2) is 0 Å². The number of hydrogen-bond acceptors (Lipinski definition) is 3. The van der Waals surface area contributed by atoms with Gasteiger partial charge in [0.25, 0.3) is 0 Å². The summed E-state index contributed by atoms with van der Waals surface area (Å²) in [7, 11) is 1.26. The van der Waals surface area contributed by atoms with Gasteiger partial charge in [0.15, 0.2) is 0 Å². The second kappa shape index (κ2) is 4.11. The van der Waals surface area contributed by atoms with Gasteiger partial charge in [-0.2, -0.15) is 0 Å². The molecular formula is C8H13NO4. The van der Waals surface area contributed by atoms with Crippen LogP contribution in [0.25, 0.3) is 0 Å². The van der Waals surface area contributed by atoms with Crippen molar-refractivity contribution in [2.45, 2.75) is 25.3 Å². The van der Waals surface area contributed by atoms with Crippen LogP contribution >= 0.6 is 0 Å². The molecule has 2 atom stereocenters. The maximum absolute atomic E-state index is 10.8. The molecule has 1 amide bonds. The van der Waals surface area contributed by atoms with E-state index in [0.29, 0.717) is 12.8 Å². The summed E-state index contributed by atoms with van der Waals surface area (Å²) >= 11 is 0. The van der Waals surface area contributed by atoms with Gasteiger partial charge in [0.1, 0.15) is 0 Å². The van der Waals surface area contributed by atoms with Crippen molar-refractivity contribution in [1.82, 2.24) is 5.32 Å². The van der Waals surface area contributed by atoms with Crippen LogP contribution < -0.4 is 5.32 Å². The Labute approximate surface area is 76.1 Å². The van der Waals surface area contributed by atoms with Crippen molar-refractivity contribution in [1.29, 1.82) is 0 Å². The van der Waals surface area contributed by atoms with Gasteiger partial charge in [0, 0.05) is 6.04 Å². The summed E-state index contributed by atoms with van der Waals surface area (Å²) in [5.74, 6) is -1.31. The molecular weight excluding hydrogens is 174 g/mol. The molecule has 5 nitrogen and oxygen atoms in total. The number of hydrogen-bond donors (Lipinski definition) is 2. The van der Waals surface area contributed by atoms with Gasteiger partial charge in [-0.25, -0.2) is 4.79 Å². The summed E-state index contributed by atoms with van der Waals surface area (Å²) in [6.45, 7) is 0. The van der Waals surface area contributed by atoms with E-state index in [1.807, 2.05) is 0 Å². The van der Waals surface area contributed by atoms with Gasteiger partial charge >= 0.3 is 12.1 Å². The molecule has 0 heterocycles. The first kappa shape index (κ1) is 9.83. The zero-order chi connectivity index (χ0) is 9.84. The first-order valence-corrected chi connectivity index (χ1v) is 4.22. The number of carbonyl (C=O) groups excluding carboxylic acids is 1. The number of rotatable bonds is 2. The van der Waals surface area contributed by atoms with Crippen molar-refractivity contribution in [3.05, 3.63) is 0 Å². The predicted octanol–water partition coefficient (Wildman–Crippen LogP) is 0.596. The summed E-state index contributed by atoms with van der Waals surface area (Å²) in [5, 5.41) is 11.3. The number of carbonyl (C=O) groups is 2. The Hall–Kier alpha value is -1.26. The standard InChI is InChI=1S/C8H13NO4/c1-13-8(12)9-6-4-2-3-5(6)7(10)11/h5-6H,2-4H2,1H3,(H,9,12)(H,10,11). The third-order valence-corrected chi connectivity index (χ3v) is 2.32. The Bertz CT molecular complexity index is 216. The van der Waals surface area contributed by atoms with E-state index in [1.54, 1.807) is 0 Å². The quantitative estimate of drug-likeness (QED) is 0.663. The fourth-order valence-electron chi connectivity index (χ4n) is 1.64. The van der Waals surface area contributed by atoms with Gasteiger partial charge in [-0.05, 0) is 12.8 Å². The van der Waals surface area contributed by atoms with Crippen molar-refractivity contribution < 1.29 is 19.4 Å². The highest BCUT2D eigenvalue weighted by atomic mass is 16.5. The molecule has 2 unspecified atom stereocenters. The number of nitrogens with one attached hydrogen (secondary N) is 1. The molecule has 1 fully saturated rings. The molecule has 0 aliphatic heterocycles. The van der Waals surface area contributed by atoms with Crippen LogP contribution in [-0.4, -0.2) is 30.3 Å². The molecule has 0 aromatic carbocycles. The van der Waals surface area contributed by atoms with Crippen LogP contribution in [0.1, 0.15) is 19.3 Å². The second-order valence-electron chi connectivity index (χ2n) is 3.12. The normalized spacial score (nSPS) is 26.8. The number of carboxylic acid groups (broad SMARTS) is 1. The molecule has 1 aliphatic rings. The van der Waals surface area contributed by atoms with Gasteiger partial charge in [-0.1, -0.05) is 6.42 Å². The van der Waals surface area contributed by atoms with Crippen LogP contribution in [0.2, 0.25) is 0 Å².